The van der Waals surface area contributed by atoms with Crippen molar-refractivity contribution in [2.45, 2.75) is 39.4 Å². The molecule has 0 radical (unpaired) electrons. The van der Waals surface area contributed by atoms with E-state index in [1.807, 2.05) is 30.8 Å². The van der Waals surface area contributed by atoms with Crippen molar-refractivity contribution in [2.75, 3.05) is 6.54 Å². The number of hydrogen-bond acceptors (Lipinski definition) is 3. The fourth-order valence-corrected chi connectivity index (χ4v) is 1.92. The first-order chi connectivity index (χ1) is 8.49. The van der Waals surface area contributed by atoms with Crippen molar-refractivity contribution in [3.05, 3.63) is 18.0 Å². The zero-order valence-corrected chi connectivity index (χ0v) is 10.9. The van der Waals surface area contributed by atoms with Crippen LogP contribution in [-0.4, -0.2) is 39.1 Å². The lowest BCUT2D eigenvalue weighted by Gasteiger charge is -2.32. The van der Waals surface area contributed by atoms with Gasteiger partial charge in [-0.15, -0.1) is 0 Å². The second-order valence-electron chi connectivity index (χ2n) is 4.80. The van der Waals surface area contributed by atoms with Crippen LogP contribution >= 0.6 is 0 Å². The summed E-state index contributed by atoms with van der Waals surface area (Å²) in [7, 11) is 0. The fraction of sp³-hybridized carbons (Fsp3) is 0.583. The first-order valence-corrected chi connectivity index (χ1v) is 6.10. The van der Waals surface area contributed by atoms with Crippen molar-refractivity contribution in [1.82, 2.24) is 20.0 Å². The number of hydrogen-bond donors (Lipinski definition) is 1. The van der Waals surface area contributed by atoms with E-state index in [4.69, 9.17) is 0 Å². The van der Waals surface area contributed by atoms with Crippen LogP contribution in [0, 0.1) is 0 Å². The van der Waals surface area contributed by atoms with Crippen molar-refractivity contribution in [2.24, 2.45) is 0 Å². The van der Waals surface area contributed by atoms with Gasteiger partial charge in [0.1, 0.15) is 6.04 Å². The molecule has 1 aliphatic rings. The molecule has 2 heterocycles. The van der Waals surface area contributed by atoms with E-state index in [1.165, 1.54) is 0 Å². The number of nitrogens with zero attached hydrogens (tertiary/aromatic N) is 3. The summed E-state index contributed by atoms with van der Waals surface area (Å²) in [6, 6.07) is 1.74. The normalized spacial score (nSPS) is 20.4. The summed E-state index contributed by atoms with van der Waals surface area (Å²) in [5, 5.41) is 6.95. The molecule has 18 heavy (non-hydrogen) atoms. The minimum absolute atomic E-state index is 0.0683. The van der Waals surface area contributed by atoms with Gasteiger partial charge in [0.05, 0.1) is 18.8 Å². The molecule has 0 bridgehead atoms. The number of piperazine rings is 1. The molecule has 1 fully saturated rings. The molecule has 2 rings (SSSR count). The Hall–Kier alpha value is -1.85. The highest BCUT2D eigenvalue weighted by Crippen LogP contribution is 2.12. The van der Waals surface area contributed by atoms with Crippen LogP contribution < -0.4 is 5.32 Å². The van der Waals surface area contributed by atoms with Gasteiger partial charge in [-0.05, 0) is 26.8 Å². The first-order valence-electron chi connectivity index (χ1n) is 6.10. The molecular weight excluding hydrogens is 232 g/mol. The molecule has 0 aromatic carbocycles. The summed E-state index contributed by atoms with van der Waals surface area (Å²) in [6.07, 6.45) is 1.89. The molecular formula is C12H18N4O2. The molecule has 1 aromatic heterocycles. The van der Waals surface area contributed by atoms with E-state index in [1.54, 1.807) is 11.8 Å². The molecule has 1 atom stereocenters. The SMILES string of the molecule is CC1C(=O)NCC(=O)N1Cc1ccn(C(C)C)n1. The van der Waals surface area contributed by atoms with Crippen LogP contribution in [0.1, 0.15) is 32.5 Å². The maximum Gasteiger partial charge on any atom is 0.242 e. The maximum atomic E-state index is 11.8. The molecule has 2 amide bonds. The summed E-state index contributed by atoms with van der Waals surface area (Å²) in [5.74, 6) is -0.181. The van der Waals surface area contributed by atoms with E-state index in [9.17, 15) is 9.59 Å². The van der Waals surface area contributed by atoms with Crippen LogP contribution in [0.25, 0.3) is 0 Å². The Labute approximate surface area is 106 Å². The highest BCUT2D eigenvalue weighted by molar-refractivity contribution is 5.94. The van der Waals surface area contributed by atoms with Gasteiger partial charge in [-0.25, -0.2) is 0 Å². The third-order valence-electron chi connectivity index (χ3n) is 3.11. The zero-order valence-electron chi connectivity index (χ0n) is 10.9. The van der Waals surface area contributed by atoms with Crippen LogP contribution in [0.15, 0.2) is 12.3 Å². The predicted molar refractivity (Wildman–Crippen MR) is 65.6 cm³/mol. The van der Waals surface area contributed by atoms with E-state index >= 15 is 0 Å². The number of carbonyl (C=O) groups is 2. The average molecular weight is 250 g/mol. The van der Waals surface area contributed by atoms with Crippen molar-refractivity contribution < 1.29 is 9.59 Å². The van der Waals surface area contributed by atoms with Crippen LogP contribution in [-0.2, 0) is 16.1 Å². The lowest BCUT2D eigenvalue weighted by Crippen LogP contribution is -2.56. The monoisotopic (exact) mass is 250 g/mol. The minimum Gasteiger partial charge on any atom is -0.345 e. The minimum atomic E-state index is -0.435. The molecule has 1 unspecified atom stereocenters. The van der Waals surface area contributed by atoms with E-state index in [0.29, 0.717) is 6.54 Å². The van der Waals surface area contributed by atoms with Crippen LogP contribution in [0.4, 0.5) is 0 Å². The summed E-state index contributed by atoms with van der Waals surface area (Å²) in [5.41, 5.74) is 0.804. The molecule has 6 heteroatoms. The molecule has 1 N–H and O–H groups in total. The zero-order chi connectivity index (χ0) is 13.3. The fourth-order valence-electron chi connectivity index (χ4n) is 1.92. The van der Waals surface area contributed by atoms with Gasteiger partial charge in [0.25, 0.3) is 0 Å². The lowest BCUT2D eigenvalue weighted by molar-refractivity contribution is -0.145. The summed E-state index contributed by atoms with van der Waals surface area (Å²) in [6.45, 7) is 6.27. The quantitative estimate of drug-likeness (QED) is 0.839. The smallest absolute Gasteiger partial charge is 0.242 e. The number of rotatable bonds is 3. The highest BCUT2D eigenvalue weighted by atomic mass is 16.2. The summed E-state index contributed by atoms with van der Waals surface area (Å²) >= 11 is 0. The molecule has 1 saturated heterocycles. The Balaban J connectivity index is 2.11. The van der Waals surface area contributed by atoms with E-state index < -0.39 is 6.04 Å². The number of nitrogens with one attached hydrogen (secondary N) is 1. The summed E-state index contributed by atoms with van der Waals surface area (Å²) in [4.78, 5) is 24.9. The molecule has 98 valence electrons. The largest absolute Gasteiger partial charge is 0.345 e. The number of carbonyl (C=O) groups excluding carboxylic acids is 2. The Bertz CT molecular complexity index is 466. The molecule has 0 aliphatic carbocycles. The van der Waals surface area contributed by atoms with E-state index in [0.717, 1.165) is 5.69 Å². The molecule has 1 aliphatic heterocycles. The molecule has 1 aromatic rings. The topological polar surface area (TPSA) is 67.2 Å². The second kappa shape index (κ2) is 4.80. The van der Waals surface area contributed by atoms with Crippen molar-refractivity contribution >= 4 is 11.8 Å². The van der Waals surface area contributed by atoms with Gasteiger partial charge >= 0.3 is 0 Å². The number of aromatic nitrogens is 2. The van der Waals surface area contributed by atoms with Gasteiger partial charge in [-0.1, -0.05) is 0 Å². The van der Waals surface area contributed by atoms with Gasteiger partial charge < -0.3 is 10.2 Å². The molecule has 0 saturated carbocycles. The van der Waals surface area contributed by atoms with Crippen LogP contribution in [0.5, 0.6) is 0 Å². The third kappa shape index (κ3) is 2.37. The van der Waals surface area contributed by atoms with Gasteiger partial charge in [0, 0.05) is 12.2 Å². The van der Waals surface area contributed by atoms with Crippen molar-refractivity contribution in [3.8, 4) is 0 Å². The Morgan fingerprint density at radius 3 is 2.83 bits per heavy atom. The average Bonchev–Trinajstić information content (AvgIpc) is 2.78. The van der Waals surface area contributed by atoms with Crippen molar-refractivity contribution in [1.29, 1.82) is 0 Å². The van der Waals surface area contributed by atoms with Gasteiger partial charge in [-0.3, -0.25) is 14.3 Å². The first kappa shape index (κ1) is 12.6. The lowest BCUT2D eigenvalue weighted by atomic mass is 10.2. The number of amides is 2. The maximum absolute atomic E-state index is 11.8. The highest BCUT2D eigenvalue weighted by Gasteiger charge is 2.31. The van der Waals surface area contributed by atoms with E-state index in [2.05, 4.69) is 10.4 Å². The van der Waals surface area contributed by atoms with Crippen molar-refractivity contribution in [3.63, 3.8) is 0 Å². The van der Waals surface area contributed by atoms with Gasteiger partial charge in [-0.2, -0.15) is 5.10 Å². The van der Waals surface area contributed by atoms with Crippen LogP contribution in [0.3, 0.4) is 0 Å². The molecule has 0 spiro atoms. The van der Waals surface area contributed by atoms with E-state index in [-0.39, 0.29) is 24.4 Å². The summed E-state index contributed by atoms with van der Waals surface area (Å²) < 4.78 is 1.84. The Kier molecular flexibility index (Phi) is 3.36. The Morgan fingerprint density at radius 1 is 1.50 bits per heavy atom. The van der Waals surface area contributed by atoms with Crippen LogP contribution in [0.2, 0.25) is 0 Å². The van der Waals surface area contributed by atoms with Gasteiger partial charge in [0.2, 0.25) is 11.8 Å². The molecule has 6 nitrogen and oxygen atoms in total. The van der Waals surface area contributed by atoms with Gasteiger partial charge in [0.15, 0.2) is 0 Å². The third-order valence-corrected chi connectivity index (χ3v) is 3.11. The predicted octanol–water partition coefficient (Wildman–Crippen LogP) is 0.311. The Morgan fingerprint density at radius 2 is 2.22 bits per heavy atom. The second-order valence-corrected chi connectivity index (χ2v) is 4.80. The standard InChI is InChI=1S/C12H18N4O2/c1-8(2)16-5-4-10(14-16)7-15-9(3)12(18)13-6-11(15)17/h4-5,8-9H,6-7H2,1-3H3,(H,13,18).